The van der Waals surface area contributed by atoms with Crippen LogP contribution in [0.1, 0.15) is 57.8 Å². The molecule has 0 radical (unpaired) electrons. The number of hydrogen-bond donors (Lipinski definition) is 0. The zero-order chi connectivity index (χ0) is 18.9. The molecule has 5 nitrogen and oxygen atoms in total. The van der Waals surface area contributed by atoms with Crippen LogP contribution in [0.25, 0.3) is 0 Å². The monoisotopic (exact) mass is 385 g/mol. The molecule has 0 heterocycles. The van der Waals surface area contributed by atoms with E-state index in [1.54, 1.807) is 0 Å². The molecule has 0 amide bonds. The second kappa shape index (κ2) is 11.0. The SMILES string of the molecule is COC(=O)CC[S+](CCC(=O)OC)CC(=O)C1CCC2CCCCC2C1. The van der Waals surface area contributed by atoms with E-state index in [9.17, 15) is 14.4 Å². The molecular weight excluding hydrogens is 352 g/mol. The number of ketones is 1. The van der Waals surface area contributed by atoms with Crippen LogP contribution in [0.3, 0.4) is 0 Å². The number of carbonyl (C=O) groups excluding carboxylic acids is 3. The van der Waals surface area contributed by atoms with Crippen molar-refractivity contribution < 1.29 is 23.9 Å². The lowest BCUT2D eigenvalue weighted by atomic mass is 9.67. The molecule has 2 fully saturated rings. The molecule has 26 heavy (non-hydrogen) atoms. The first kappa shape index (κ1) is 21.3. The predicted molar refractivity (Wildman–Crippen MR) is 103 cm³/mol. The number of Topliss-reactive ketones (excluding diaryl/α,β-unsaturated/α-hetero) is 1. The standard InChI is InChI=1S/C20H33O5S/c1-24-19(22)9-11-26(12-10-20(23)25-2)14-18(21)17-8-7-15-5-3-4-6-16(15)13-17/h15-17H,3-14H2,1-2H3/q+1. The summed E-state index contributed by atoms with van der Waals surface area (Å²) in [5.41, 5.74) is 0. The van der Waals surface area contributed by atoms with Gasteiger partial charge in [-0.05, 0) is 42.0 Å². The zero-order valence-corrected chi connectivity index (χ0v) is 17.0. The summed E-state index contributed by atoms with van der Waals surface area (Å²) in [7, 11) is 2.49. The third kappa shape index (κ3) is 6.60. The Morgan fingerprint density at radius 1 is 0.846 bits per heavy atom. The van der Waals surface area contributed by atoms with Crippen LogP contribution in [0, 0.1) is 17.8 Å². The van der Waals surface area contributed by atoms with E-state index < -0.39 is 0 Å². The number of fused-ring (bicyclic) bond motifs is 1. The van der Waals surface area contributed by atoms with Gasteiger partial charge in [0.15, 0.2) is 11.5 Å². The van der Waals surface area contributed by atoms with Gasteiger partial charge in [-0.15, -0.1) is 0 Å². The summed E-state index contributed by atoms with van der Waals surface area (Å²) in [5.74, 6) is 3.32. The van der Waals surface area contributed by atoms with Gasteiger partial charge in [-0.1, -0.05) is 25.7 Å². The lowest BCUT2D eigenvalue weighted by Gasteiger charge is -2.38. The number of methoxy groups -OCH3 is 2. The van der Waals surface area contributed by atoms with E-state index in [1.807, 2.05) is 0 Å². The number of esters is 2. The predicted octanol–water partition coefficient (Wildman–Crippen LogP) is 2.91. The minimum Gasteiger partial charge on any atom is -0.469 e. The van der Waals surface area contributed by atoms with E-state index in [2.05, 4.69) is 0 Å². The van der Waals surface area contributed by atoms with E-state index in [0.717, 1.165) is 24.7 Å². The zero-order valence-electron chi connectivity index (χ0n) is 16.2. The molecule has 2 saturated carbocycles. The number of carbonyl (C=O) groups is 3. The summed E-state index contributed by atoms with van der Waals surface area (Å²) in [6.45, 7) is 0. The minimum absolute atomic E-state index is 0.181. The second-order valence-corrected chi connectivity index (χ2v) is 9.93. The first-order chi connectivity index (χ1) is 12.5. The molecule has 2 aliphatic carbocycles. The molecule has 0 aromatic heterocycles. The molecular formula is C20H33O5S+. The van der Waals surface area contributed by atoms with Crippen molar-refractivity contribution in [2.75, 3.05) is 31.5 Å². The van der Waals surface area contributed by atoms with E-state index in [4.69, 9.17) is 9.47 Å². The fourth-order valence-corrected chi connectivity index (χ4v) is 6.43. The maximum Gasteiger partial charge on any atom is 0.310 e. The van der Waals surface area contributed by atoms with Gasteiger partial charge in [-0.25, -0.2) is 0 Å². The van der Waals surface area contributed by atoms with Gasteiger partial charge in [0, 0.05) is 5.92 Å². The van der Waals surface area contributed by atoms with Crippen LogP contribution < -0.4 is 0 Å². The molecule has 0 bridgehead atoms. The third-order valence-corrected chi connectivity index (χ3v) is 8.24. The summed E-state index contributed by atoms with van der Waals surface area (Å²) in [5, 5.41) is 0. The average molecular weight is 386 g/mol. The fourth-order valence-electron chi connectivity index (χ4n) is 4.39. The molecule has 148 valence electrons. The van der Waals surface area contributed by atoms with E-state index in [-0.39, 0.29) is 28.8 Å². The van der Waals surface area contributed by atoms with E-state index in [0.29, 0.717) is 35.9 Å². The molecule has 0 aliphatic heterocycles. The molecule has 0 spiro atoms. The van der Waals surface area contributed by atoms with Gasteiger partial charge >= 0.3 is 11.9 Å². The van der Waals surface area contributed by atoms with Gasteiger partial charge in [0.05, 0.1) is 27.1 Å². The fraction of sp³-hybridized carbons (Fsp3) is 0.850. The number of rotatable bonds is 9. The Morgan fingerprint density at radius 2 is 1.42 bits per heavy atom. The van der Waals surface area contributed by atoms with Crippen LogP contribution in [0.5, 0.6) is 0 Å². The van der Waals surface area contributed by atoms with Gasteiger partial charge in [-0.3, -0.25) is 14.4 Å². The van der Waals surface area contributed by atoms with Gasteiger partial charge < -0.3 is 9.47 Å². The summed E-state index contributed by atoms with van der Waals surface area (Å²) in [6.07, 6.45) is 9.17. The van der Waals surface area contributed by atoms with Gasteiger partial charge in [0.1, 0.15) is 11.5 Å². The Morgan fingerprint density at radius 3 is 2.00 bits per heavy atom. The van der Waals surface area contributed by atoms with Crippen LogP contribution >= 0.6 is 0 Å². The Bertz CT molecular complexity index is 473. The highest BCUT2D eigenvalue weighted by atomic mass is 32.2. The third-order valence-electron chi connectivity index (χ3n) is 5.99. The van der Waals surface area contributed by atoms with Crippen LogP contribution in [-0.2, 0) is 34.8 Å². The summed E-state index contributed by atoms with van der Waals surface area (Å²) in [6, 6.07) is 0. The molecule has 2 rings (SSSR count). The number of hydrogen-bond acceptors (Lipinski definition) is 5. The molecule has 3 unspecified atom stereocenters. The second-order valence-electron chi connectivity index (χ2n) is 7.60. The Balaban J connectivity index is 1.86. The van der Waals surface area contributed by atoms with Crippen LogP contribution in [-0.4, -0.2) is 49.2 Å². The van der Waals surface area contributed by atoms with Gasteiger partial charge in [0.2, 0.25) is 0 Å². The van der Waals surface area contributed by atoms with Crippen LogP contribution in [0.15, 0.2) is 0 Å². The van der Waals surface area contributed by atoms with Gasteiger partial charge in [0.25, 0.3) is 0 Å². The summed E-state index contributed by atoms with van der Waals surface area (Å²) in [4.78, 5) is 35.8. The maximum atomic E-state index is 12.9. The van der Waals surface area contributed by atoms with Crippen molar-refractivity contribution in [3.05, 3.63) is 0 Å². The minimum atomic E-state index is -0.262. The maximum absolute atomic E-state index is 12.9. The number of ether oxygens (including phenoxy) is 2. The Labute approximate surface area is 159 Å². The highest BCUT2D eigenvalue weighted by Crippen LogP contribution is 2.43. The first-order valence-corrected chi connectivity index (χ1v) is 11.6. The van der Waals surface area contributed by atoms with Crippen LogP contribution in [0.4, 0.5) is 0 Å². The quantitative estimate of drug-likeness (QED) is 0.451. The Hall–Kier alpha value is -1.04. The van der Waals surface area contributed by atoms with Crippen molar-refractivity contribution in [2.24, 2.45) is 17.8 Å². The summed E-state index contributed by atoms with van der Waals surface area (Å²) < 4.78 is 9.43. The molecule has 0 saturated heterocycles. The van der Waals surface area contributed by atoms with E-state index >= 15 is 0 Å². The molecule has 0 aromatic carbocycles. The first-order valence-electron chi connectivity index (χ1n) is 9.84. The molecule has 2 aliphatic rings. The molecule has 0 N–H and O–H groups in total. The highest BCUT2D eigenvalue weighted by Gasteiger charge is 2.37. The van der Waals surface area contributed by atoms with Crippen molar-refractivity contribution in [1.29, 1.82) is 0 Å². The van der Waals surface area contributed by atoms with Crippen molar-refractivity contribution in [3.63, 3.8) is 0 Å². The average Bonchev–Trinajstić information content (AvgIpc) is 2.68. The summed E-state index contributed by atoms with van der Waals surface area (Å²) >= 11 is 0. The molecule has 3 atom stereocenters. The topological polar surface area (TPSA) is 69.7 Å². The van der Waals surface area contributed by atoms with Crippen molar-refractivity contribution in [1.82, 2.24) is 0 Å². The van der Waals surface area contributed by atoms with Crippen molar-refractivity contribution in [2.45, 2.75) is 57.8 Å². The molecule has 6 heteroatoms. The largest absolute Gasteiger partial charge is 0.469 e. The highest BCUT2D eigenvalue weighted by molar-refractivity contribution is 7.97. The smallest absolute Gasteiger partial charge is 0.310 e. The van der Waals surface area contributed by atoms with Crippen molar-refractivity contribution in [3.8, 4) is 0 Å². The van der Waals surface area contributed by atoms with Crippen LogP contribution in [0.2, 0.25) is 0 Å². The van der Waals surface area contributed by atoms with Gasteiger partial charge in [-0.2, -0.15) is 0 Å². The normalized spacial score (nSPS) is 25.4. The van der Waals surface area contributed by atoms with Crippen molar-refractivity contribution >= 4 is 28.6 Å². The lowest BCUT2D eigenvalue weighted by molar-refractivity contribution is -0.140. The molecule has 0 aromatic rings. The van der Waals surface area contributed by atoms with E-state index in [1.165, 1.54) is 46.3 Å². The Kier molecular flexibility index (Phi) is 8.96. The lowest BCUT2D eigenvalue weighted by Crippen LogP contribution is -2.35.